The van der Waals surface area contributed by atoms with Gasteiger partial charge in [0.2, 0.25) is 0 Å². The molecule has 0 bridgehead atoms. The summed E-state index contributed by atoms with van der Waals surface area (Å²) in [6.07, 6.45) is 1.61. The number of piperidine rings is 1. The van der Waals surface area contributed by atoms with Crippen molar-refractivity contribution in [3.63, 3.8) is 0 Å². The number of nitrogens with zero attached hydrogens (tertiary/aromatic N) is 3. The molecule has 1 aliphatic rings. The van der Waals surface area contributed by atoms with Crippen LogP contribution in [0.5, 0.6) is 0 Å². The van der Waals surface area contributed by atoms with Gasteiger partial charge >= 0.3 is 0 Å². The molecule has 4 nitrogen and oxygen atoms in total. The summed E-state index contributed by atoms with van der Waals surface area (Å²) >= 11 is 0. The topological polar surface area (TPSA) is 41.3 Å². The zero-order chi connectivity index (χ0) is 20.4. The first-order valence-corrected chi connectivity index (χ1v) is 10.4. The Labute approximate surface area is 171 Å². The number of rotatable bonds is 5. The van der Waals surface area contributed by atoms with E-state index in [1.54, 1.807) is 12.1 Å². The Morgan fingerprint density at radius 3 is 2.48 bits per heavy atom. The van der Waals surface area contributed by atoms with Crippen molar-refractivity contribution in [2.75, 3.05) is 13.1 Å². The van der Waals surface area contributed by atoms with Crippen molar-refractivity contribution in [2.45, 2.75) is 45.3 Å². The summed E-state index contributed by atoms with van der Waals surface area (Å²) in [5.74, 6) is 0.221. The standard InChI is InChI=1S/C24H28FN3O/c1-17(2)18-5-7-19(8-6-18)24-14-21(15-27-13-3-4-23(29)16-27)26-28(24)22-11-9-20(25)10-12-22/h5-12,14,17,23,29H,3-4,13,15-16H2,1-2H3. The minimum absolute atomic E-state index is 0.258. The van der Waals surface area contributed by atoms with Crippen LogP contribution in [0.1, 0.15) is 43.9 Å². The lowest BCUT2D eigenvalue weighted by Crippen LogP contribution is -2.37. The number of aromatic nitrogens is 2. The number of halogens is 1. The molecule has 1 fully saturated rings. The van der Waals surface area contributed by atoms with Gasteiger partial charge < -0.3 is 5.11 Å². The molecule has 2 aromatic carbocycles. The van der Waals surface area contributed by atoms with Crippen LogP contribution in [0.3, 0.4) is 0 Å². The molecule has 0 saturated carbocycles. The lowest BCUT2D eigenvalue weighted by atomic mass is 10.0. The number of aliphatic hydroxyl groups is 1. The molecule has 5 heteroatoms. The van der Waals surface area contributed by atoms with E-state index in [9.17, 15) is 9.50 Å². The van der Waals surface area contributed by atoms with E-state index in [0.717, 1.165) is 42.0 Å². The zero-order valence-corrected chi connectivity index (χ0v) is 17.1. The molecule has 1 aliphatic heterocycles. The van der Waals surface area contributed by atoms with Crippen LogP contribution in [-0.4, -0.2) is 39.0 Å². The van der Waals surface area contributed by atoms with Gasteiger partial charge in [-0.2, -0.15) is 5.10 Å². The first-order chi connectivity index (χ1) is 14.0. The summed E-state index contributed by atoms with van der Waals surface area (Å²) in [4.78, 5) is 2.25. The number of benzene rings is 2. The van der Waals surface area contributed by atoms with E-state index in [1.165, 1.54) is 17.7 Å². The molecule has 2 heterocycles. The normalized spacial score (nSPS) is 17.8. The molecular formula is C24H28FN3O. The monoisotopic (exact) mass is 393 g/mol. The van der Waals surface area contributed by atoms with Crippen molar-refractivity contribution in [3.8, 4) is 16.9 Å². The lowest BCUT2D eigenvalue weighted by Gasteiger charge is -2.29. The van der Waals surface area contributed by atoms with Crippen LogP contribution < -0.4 is 0 Å². The maximum atomic E-state index is 13.4. The molecule has 0 amide bonds. The summed E-state index contributed by atoms with van der Waals surface area (Å²) in [7, 11) is 0. The van der Waals surface area contributed by atoms with E-state index in [2.05, 4.69) is 49.1 Å². The fourth-order valence-electron chi connectivity index (χ4n) is 3.93. The average Bonchev–Trinajstić information content (AvgIpc) is 3.12. The molecular weight excluding hydrogens is 365 g/mol. The minimum atomic E-state index is -0.258. The van der Waals surface area contributed by atoms with E-state index < -0.39 is 0 Å². The third-order valence-corrected chi connectivity index (χ3v) is 5.57. The van der Waals surface area contributed by atoms with E-state index in [4.69, 9.17) is 5.10 Å². The molecule has 0 radical (unpaired) electrons. The lowest BCUT2D eigenvalue weighted by molar-refractivity contribution is 0.0661. The van der Waals surface area contributed by atoms with Crippen molar-refractivity contribution in [2.24, 2.45) is 0 Å². The molecule has 1 aromatic heterocycles. The van der Waals surface area contributed by atoms with Gasteiger partial charge in [-0.05, 0) is 61.2 Å². The second-order valence-corrected chi connectivity index (χ2v) is 8.22. The third-order valence-electron chi connectivity index (χ3n) is 5.57. The maximum Gasteiger partial charge on any atom is 0.123 e. The molecule has 0 spiro atoms. The highest BCUT2D eigenvalue weighted by Crippen LogP contribution is 2.27. The van der Waals surface area contributed by atoms with Crippen LogP contribution in [0.15, 0.2) is 54.6 Å². The predicted octanol–water partition coefficient (Wildman–Crippen LogP) is 4.76. The quantitative estimate of drug-likeness (QED) is 0.680. The highest BCUT2D eigenvalue weighted by molar-refractivity contribution is 5.63. The van der Waals surface area contributed by atoms with Crippen molar-refractivity contribution in [3.05, 3.63) is 71.7 Å². The smallest absolute Gasteiger partial charge is 0.123 e. The van der Waals surface area contributed by atoms with Crippen molar-refractivity contribution >= 4 is 0 Å². The molecule has 3 aromatic rings. The number of hydrogen-bond donors (Lipinski definition) is 1. The van der Waals surface area contributed by atoms with Gasteiger partial charge in [-0.3, -0.25) is 4.90 Å². The summed E-state index contributed by atoms with van der Waals surface area (Å²) < 4.78 is 15.3. The maximum absolute atomic E-state index is 13.4. The van der Waals surface area contributed by atoms with E-state index in [0.29, 0.717) is 19.0 Å². The van der Waals surface area contributed by atoms with Crippen LogP contribution in [0, 0.1) is 5.82 Å². The Balaban J connectivity index is 1.69. The SMILES string of the molecule is CC(C)c1ccc(-c2cc(CN3CCCC(O)C3)nn2-c2ccc(F)cc2)cc1. The first kappa shape index (κ1) is 19.8. The van der Waals surface area contributed by atoms with Gasteiger partial charge in [0.05, 0.1) is 23.2 Å². The molecule has 4 rings (SSSR count). The zero-order valence-electron chi connectivity index (χ0n) is 17.1. The molecule has 0 aliphatic carbocycles. The molecule has 1 atom stereocenters. The van der Waals surface area contributed by atoms with Gasteiger partial charge in [-0.1, -0.05) is 38.1 Å². The number of likely N-dealkylation sites (tertiary alicyclic amines) is 1. The summed E-state index contributed by atoms with van der Waals surface area (Å²) in [6, 6.07) is 17.1. The van der Waals surface area contributed by atoms with Gasteiger partial charge in [-0.15, -0.1) is 0 Å². The number of hydrogen-bond acceptors (Lipinski definition) is 3. The Morgan fingerprint density at radius 2 is 1.83 bits per heavy atom. The first-order valence-electron chi connectivity index (χ1n) is 10.4. The number of β-amino-alcohol motifs (C(OH)–C–C–N with tert-alkyl or cyclic N) is 1. The molecule has 1 N–H and O–H groups in total. The van der Waals surface area contributed by atoms with Crippen LogP contribution >= 0.6 is 0 Å². The van der Waals surface area contributed by atoms with Crippen LogP contribution in [0.4, 0.5) is 4.39 Å². The fourth-order valence-corrected chi connectivity index (χ4v) is 3.93. The Hall–Kier alpha value is -2.50. The van der Waals surface area contributed by atoms with Gasteiger partial charge in [0.25, 0.3) is 0 Å². The van der Waals surface area contributed by atoms with E-state index in [-0.39, 0.29) is 11.9 Å². The Morgan fingerprint density at radius 1 is 1.10 bits per heavy atom. The highest BCUT2D eigenvalue weighted by atomic mass is 19.1. The predicted molar refractivity (Wildman–Crippen MR) is 114 cm³/mol. The van der Waals surface area contributed by atoms with Crippen LogP contribution in [0.25, 0.3) is 16.9 Å². The Kier molecular flexibility index (Phi) is 5.79. The van der Waals surface area contributed by atoms with Crippen LogP contribution in [-0.2, 0) is 6.54 Å². The largest absolute Gasteiger partial charge is 0.392 e. The second-order valence-electron chi connectivity index (χ2n) is 8.22. The average molecular weight is 394 g/mol. The fraction of sp³-hybridized carbons (Fsp3) is 0.375. The minimum Gasteiger partial charge on any atom is -0.392 e. The highest BCUT2D eigenvalue weighted by Gasteiger charge is 2.20. The molecule has 1 unspecified atom stereocenters. The van der Waals surface area contributed by atoms with E-state index >= 15 is 0 Å². The van der Waals surface area contributed by atoms with Gasteiger partial charge in [-0.25, -0.2) is 9.07 Å². The summed E-state index contributed by atoms with van der Waals surface area (Å²) in [5, 5.41) is 14.8. The number of aliphatic hydroxyl groups excluding tert-OH is 1. The van der Waals surface area contributed by atoms with E-state index in [1.807, 2.05) is 4.68 Å². The van der Waals surface area contributed by atoms with Crippen LogP contribution in [0.2, 0.25) is 0 Å². The van der Waals surface area contributed by atoms with Crippen molar-refractivity contribution in [1.29, 1.82) is 0 Å². The second kappa shape index (κ2) is 8.47. The molecule has 1 saturated heterocycles. The van der Waals surface area contributed by atoms with Crippen molar-refractivity contribution in [1.82, 2.24) is 14.7 Å². The summed E-state index contributed by atoms with van der Waals surface area (Å²) in [6.45, 7) is 6.72. The Bertz CT molecular complexity index is 947. The molecule has 29 heavy (non-hydrogen) atoms. The van der Waals surface area contributed by atoms with Gasteiger partial charge in [0.1, 0.15) is 5.82 Å². The van der Waals surface area contributed by atoms with Gasteiger partial charge in [0, 0.05) is 18.7 Å². The third kappa shape index (κ3) is 4.57. The summed E-state index contributed by atoms with van der Waals surface area (Å²) in [5.41, 5.74) is 5.14. The van der Waals surface area contributed by atoms with Gasteiger partial charge in [0.15, 0.2) is 0 Å². The molecule has 152 valence electrons. The van der Waals surface area contributed by atoms with Crippen molar-refractivity contribution < 1.29 is 9.50 Å².